The van der Waals surface area contributed by atoms with Crippen LogP contribution in [0.3, 0.4) is 0 Å². The molecule has 0 aliphatic carbocycles. The SMILES string of the molecule is COc1ccc(-c2cnc([N-][n+]3ccccc3)cn2)cc1. The van der Waals surface area contributed by atoms with E-state index in [0.717, 1.165) is 17.0 Å². The van der Waals surface area contributed by atoms with Crippen LogP contribution in [0.5, 0.6) is 5.75 Å². The predicted molar refractivity (Wildman–Crippen MR) is 79.1 cm³/mol. The Morgan fingerprint density at radius 1 is 0.952 bits per heavy atom. The van der Waals surface area contributed by atoms with Gasteiger partial charge in [-0.3, -0.25) is 4.98 Å². The molecule has 0 aliphatic rings. The van der Waals surface area contributed by atoms with Crippen molar-refractivity contribution in [1.29, 1.82) is 0 Å². The monoisotopic (exact) mass is 278 g/mol. The molecule has 0 spiro atoms. The highest BCUT2D eigenvalue weighted by Gasteiger charge is 1.99. The van der Waals surface area contributed by atoms with Crippen molar-refractivity contribution in [2.24, 2.45) is 0 Å². The Kier molecular flexibility index (Phi) is 3.73. The molecule has 0 saturated carbocycles. The standard InChI is InChI=1S/C16H14N4O/c1-21-14-7-5-13(6-8-14)15-11-18-16(12-17-15)19-20-9-3-2-4-10-20/h2-12H,1H3. The Bertz CT molecular complexity index is 697. The number of ether oxygens (including phenoxy) is 1. The lowest BCUT2D eigenvalue weighted by atomic mass is 10.1. The summed E-state index contributed by atoms with van der Waals surface area (Å²) in [5.74, 6) is 1.38. The minimum atomic E-state index is 0.559. The lowest BCUT2D eigenvalue weighted by molar-refractivity contribution is -0.619. The van der Waals surface area contributed by atoms with Crippen LogP contribution in [-0.4, -0.2) is 17.1 Å². The van der Waals surface area contributed by atoms with Crippen LogP contribution >= 0.6 is 0 Å². The summed E-state index contributed by atoms with van der Waals surface area (Å²) < 4.78 is 6.83. The first-order chi connectivity index (χ1) is 10.3. The van der Waals surface area contributed by atoms with Gasteiger partial charge in [0.2, 0.25) is 0 Å². The Labute approximate surface area is 122 Å². The van der Waals surface area contributed by atoms with E-state index in [1.165, 1.54) is 0 Å². The number of pyridine rings is 1. The molecule has 3 aromatic rings. The maximum atomic E-state index is 5.14. The van der Waals surface area contributed by atoms with E-state index in [4.69, 9.17) is 4.74 Å². The van der Waals surface area contributed by atoms with Crippen LogP contribution in [0.4, 0.5) is 5.82 Å². The summed E-state index contributed by atoms with van der Waals surface area (Å²) in [4.78, 5) is 8.70. The molecule has 3 rings (SSSR count). The second-order valence-corrected chi connectivity index (χ2v) is 4.34. The molecule has 0 N–H and O–H groups in total. The zero-order valence-electron chi connectivity index (χ0n) is 11.5. The van der Waals surface area contributed by atoms with Gasteiger partial charge >= 0.3 is 0 Å². The molecular formula is C16H14N4O. The predicted octanol–water partition coefficient (Wildman–Crippen LogP) is 2.91. The number of nitrogens with zero attached hydrogens (tertiary/aromatic N) is 4. The van der Waals surface area contributed by atoms with E-state index in [-0.39, 0.29) is 0 Å². The highest BCUT2D eigenvalue weighted by Crippen LogP contribution is 2.21. The highest BCUT2D eigenvalue weighted by molar-refractivity contribution is 5.59. The Morgan fingerprint density at radius 3 is 2.33 bits per heavy atom. The summed E-state index contributed by atoms with van der Waals surface area (Å²) in [7, 11) is 1.65. The summed E-state index contributed by atoms with van der Waals surface area (Å²) in [6.45, 7) is 0. The van der Waals surface area contributed by atoms with E-state index < -0.39 is 0 Å². The maximum Gasteiger partial charge on any atom is 0.182 e. The number of hydrogen-bond donors (Lipinski definition) is 0. The first kappa shape index (κ1) is 13.1. The molecule has 0 radical (unpaired) electrons. The summed E-state index contributed by atoms with van der Waals surface area (Å²) in [5.41, 5.74) is 6.12. The van der Waals surface area contributed by atoms with Gasteiger partial charge in [-0.05, 0) is 29.8 Å². The average molecular weight is 278 g/mol. The van der Waals surface area contributed by atoms with Crippen LogP contribution < -0.4 is 9.41 Å². The summed E-state index contributed by atoms with van der Waals surface area (Å²) >= 11 is 0. The molecule has 0 unspecified atom stereocenters. The zero-order valence-corrected chi connectivity index (χ0v) is 11.5. The average Bonchev–Trinajstić information content (AvgIpc) is 2.57. The van der Waals surface area contributed by atoms with E-state index >= 15 is 0 Å². The normalized spacial score (nSPS) is 10.1. The lowest BCUT2D eigenvalue weighted by Gasteiger charge is -2.09. The molecule has 2 aromatic heterocycles. The Hall–Kier alpha value is -2.95. The molecule has 1 aromatic carbocycles. The van der Waals surface area contributed by atoms with Gasteiger partial charge in [0.1, 0.15) is 5.75 Å². The molecular weight excluding hydrogens is 264 g/mol. The van der Waals surface area contributed by atoms with Crippen molar-refractivity contribution in [2.45, 2.75) is 0 Å². The molecule has 2 heterocycles. The fourth-order valence-corrected chi connectivity index (χ4v) is 1.86. The van der Waals surface area contributed by atoms with E-state index in [1.54, 1.807) is 24.2 Å². The Morgan fingerprint density at radius 2 is 1.71 bits per heavy atom. The van der Waals surface area contributed by atoms with Gasteiger partial charge in [0.25, 0.3) is 0 Å². The minimum absolute atomic E-state index is 0.559. The minimum Gasteiger partial charge on any atom is -0.497 e. The third-order valence-corrected chi connectivity index (χ3v) is 2.94. The Balaban J connectivity index is 1.77. The van der Waals surface area contributed by atoms with Crippen molar-refractivity contribution in [2.75, 3.05) is 7.11 Å². The van der Waals surface area contributed by atoms with Crippen LogP contribution in [0.15, 0.2) is 67.3 Å². The van der Waals surface area contributed by atoms with Crippen LogP contribution in [-0.2, 0) is 0 Å². The number of aromatic nitrogens is 3. The fourth-order valence-electron chi connectivity index (χ4n) is 1.86. The van der Waals surface area contributed by atoms with Crippen molar-refractivity contribution < 1.29 is 9.41 Å². The third kappa shape index (κ3) is 3.14. The van der Waals surface area contributed by atoms with Gasteiger partial charge in [0, 0.05) is 24.1 Å². The largest absolute Gasteiger partial charge is 0.497 e. The first-order valence-corrected chi connectivity index (χ1v) is 6.50. The summed E-state index contributed by atoms with van der Waals surface area (Å²) in [6, 6.07) is 13.4. The van der Waals surface area contributed by atoms with E-state index in [0.29, 0.717) is 5.82 Å². The summed E-state index contributed by atoms with van der Waals surface area (Å²) in [5, 5.41) is 0. The fraction of sp³-hybridized carbons (Fsp3) is 0.0625. The van der Waals surface area contributed by atoms with E-state index in [1.807, 2.05) is 54.9 Å². The van der Waals surface area contributed by atoms with Crippen LogP contribution in [0.25, 0.3) is 16.7 Å². The molecule has 0 saturated heterocycles. The molecule has 0 bridgehead atoms. The molecule has 21 heavy (non-hydrogen) atoms. The molecule has 0 fully saturated rings. The maximum absolute atomic E-state index is 5.14. The molecule has 5 heteroatoms. The molecule has 0 aliphatic heterocycles. The molecule has 0 atom stereocenters. The van der Waals surface area contributed by atoms with Gasteiger partial charge in [0.05, 0.1) is 12.8 Å². The van der Waals surface area contributed by atoms with Gasteiger partial charge in [-0.1, -0.05) is 12.3 Å². The van der Waals surface area contributed by atoms with Crippen molar-refractivity contribution in [3.63, 3.8) is 0 Å². The number of benzene rings is 1. The second kappa shape index (κ2) is 6.00. The highest BCUT2D eigenvalue weighted by atomic mass is 16.5. The quantitative estimate of drug-likeness (QED) is 0.689. The van der Waals surface area contributed by atoms with Crippen LogP contribution in [0.2, 0.25) is 0 Å². The van der Waals surface area contributed by atoms with Gasteiger partial charge in [-0.2, -0.15) is 10.1 Å². The van der Waals surface area contributed by atoms with Crippen molar-refractivity contribution in [1.82, 2.24) is 9.97 Å². The second-order valence-electron chi connectivity index (χ2n) is 4.34. The van der Waals surface area contributed by atoms with Gasteiger partial charge in [-0.15, -0.1) is 0 Å². The number of rotatable bonds is 4. The van der Waals surface area contributed by atoms with Crippen molar-refractivity contribution in [3.8, 4) is 17.0 Å². The van der Waals surface area contributed by atoms with Crippen molar-refractivity contribution in [3.05, 3.63) is 72.7 Å². The lowest BCUT2D eigenvalue weighted by Crippen LogP contribution is -2.26. The number of methoxy groups -OCH3 is 1. The van der Waals surface area contributed by atoms with E-state index in [2.05, 4.69) is 15.4 Å². The van der Waals surface area contributed by atoms with Gasteiger partial charge < -0.3 is 9.72 Å². The first-order valence-electron chi connectivity index (χ1n) is 6.50. The summed E-state index contributed by atoms with van der Waals surface area (Å²) in [6.07, 6.45) is 7.06. The van der Waals surface area contributed by atoms with E-state index in [9.17, 15) is 0 Å². The van der Waals surface area contributed by atoms with Gasteiger partial charge in [-0.25, -0.2) is 0 Å². The third-order valence-electron chi connectivity index (χ3n) is 2.94. The molecule has 104 valence electrons. The van der Waals surface area contributed by atoms with Crippen LogP contribution in [0.1, 0.15) is 0 Å². The zero-order chi connectivity index (χ0) is 14.5. The smallest absolute Gasteiger partial charge is 0.182 e. The van der Waals surface area contributed by atoms with Gasteiger partial charge in [0.15, 0.2) is 12.4 Å². The van der Waals surface area contributed by atoms with Crippen LogP contribution in [0, 0.1) is 0 Å². The van der Waals surface area contributed by atoms with Crippen molar-refractivity contribution >= 4 is 5.82 Å². The molecule has 5 nitrogen and oxygen atoms in total. The molecule has 0 amide bonds. The number of hydrogen-bond acceptors (Lipinski definition) is 3. The topological polar surface area (TPSA) is 53.0 Å².